The van der Waals surface area contributed by atoms with Crippen LogP contribution in [0.3, 0.4) is 0 Å². The first-order valence-electron chi connectivity index (χ1n) is 0. The van der Waals surface area contributed by atoms with Gasteiger partial charge in [0.2, 0.25) is 0 Å². The first kappa shape index (κ1) is 79.6. The molecule has 0 saturated heterocycles. The Labute approximate surface area is 87.7 Å². The van der Waals surface area contributed by atoms with Crippen molar-refractivity contribution in [3.05, 3.63) is 0 Å². The molecule has 0 nitrogen and oxygen atoms in total. The quantitative estimate of drug-likeness (QED) is 0.584. The molecule has 0 N–H and O–H groups in total. The van der Waals surface area contributed by atoms with Gasteiger partial charge in [0.25, 0.3) is 0 Å². The molecule has 0 aliphatic rings. The van der Waals surface area contributed by atoms with E-state index in [1.807, 2.05) is 0 Å². The van der Waals surface area contributed by atoms with Crippen LogP contribution in [0, 0.1) is 0 Å². The molecule has 0 rings (SSSR count). The van der Waals surface area contributed by atoms with Crippen LogP contribution in [0.1, 0.15) is 0 Å². The van der Waals surface area contributed by atoms with Crippen molar-refractivity contribution in [1.82, 2.24) is 0 Å². The van der Waals surface area contributed by atoms with Gasteiger partial charge in [-0.05, 0) is 0 Å². The number of hydrogen-bond acceptors (Lipinski definition) is 0. The Balaban J connectivity index is 0. The Kier molecular flexibility index (Phi) is 696. The van der Waals surface area contributed by atoms with Gasteiger partial charge >= 0.3 is 0 Å². The van der Waals surface area contributed by atoms with Gasteiger partial charge in [-0.1, -0.05) is 0 Å². The van der Waals surface area contributed by atoms with Crippen LogP contribution in [0.4, 0.5) is 0 Å². The molecule has 1 radical (unpaired) electrons. The van der Waals surface area contributed by atoms with Gasteiger partial charge in [-0.2, -0.15) is 0 Å². The van der Waals surface area contributed by atoms with Crippen molar-refractivity contribution in [3.8, 4) is 0 Å². The van der Waals surface area contributed by atoms with Crippen molar-refractivity contribution in [2.75, 3.05) is 0 Å². The zero-order chi connectivity index (χ0) is 0. The molecule has 0 aliphatic carbocycles. The van der Waals surface area contributed by atoms with Gasteiger partial charge in [0.05, 0.1) is 0 Å². The van der Waals surface area contributed by atoms with Crippen LogP contribution >= 0.6 is 49.6 Å². The third-order valence-electron chi connectivity index (χ3n) is 0. The standard InChI is InChI=1S/4ClH.Rh.Ru/h4*1H;;. The molecule has 6 heteroatoms. The second-order valence-corrected chi connectivity index (χ2v) is 0. The van der Waals surface area contributed by atoms with Gasteiger partial charge in [0.1, 0.15) is 0 Å². The monoisotopic (exact) mass is 349 g/mol. The minimum Gasteiger partial charge on any atom is -0.147 e. The maximum atomic E-state index is 0. The predicted molar refractivity (Wildman–Crippen MR) is 29.0 cm³/mol. The van der Waals surface area contributed by atoms with Crippen molar-refractivity contribution in [2.24, 2.45) is 0 Å². The molecular weight excluding hydrogens is 346 g/mol. The minimum absolute atomic E-state index is 0. The summed E-state index contributed by atoms with van der Waals surface area (Å²) in [6.07, 6.45) is 0. The predicted octanol–water partition coefficient (Wildman–Crippen LogP) is 1.68. The fourth-order valence-corrected chi connectivity index (χ4v) is 0. The molecule has 0 amide bonds. The largest absolute Gasteiger partial charge is 0.147 e. The fourth-order valence-electron chi connectivity index (χ4n) is 0. The van der Waals surface area contributed by atoms with Crippen LogP contribution in [0.25, 0.3) is 0 Å². The van der Waals surface area contributed by atoms with Crippen molar-refractivity contribution in [2.45, 2.75) is 0 Å². The second-order valence-electron chi connectivity index (χ2n) is 0. The first-order chi connectivity index (χ1) is 0. The maximum Gasteiger partial charge on any atom is 0 e. The van der Waals surface area contributed by atoms with Crippen molar-refractivity contribution < 1.29 is 39.0 Å². The van der Waals surface area contributed by atoms with Gasteiger partial charge in [-0.3, -0.25) is 0 Å². The van der Waals surface area contributed by atoms with Crippen molar-refractivity contribution >= 4 is 49.6 Å². The van der Waals surface area contributed by atoms with E-state index in [1.54, 1.807) is 0 Å². The summed E-state index contributed by atoms with van der Waals surface area (Å²) in [6.45, 7) is 0. The Morgan fingerprint density at radius 1 is 0.500 bits per heavy atom. The molecular formula is H4Cl4RhRu. The molecule has 6 heavy (non-hydrogen) atoms. The van der Waals surface area contributed by atoms with Crippen molar-refractivity contribution in [1.29, 1.82) is 0 Å². The van der Waals surface area contributed by atoms with Crippen LogP contribution in [0.2, 0.25) is 0 Å². The summed E-state index contributed by atoms with van der Waals surface area (Å²) in [7, 11) is 0. The van der Waals surface area contributed by atoms with Gasteiger partial charge in [0.15, 0.2) is 0 Å². The van der Waals surface area contributed by atoms with E-state index in [9.17, 15) is 0 Å². The van der Waals surface area contributed by atoms with Gasteiger partial charge in [-0.15, -0.1) is 49.6 Å². The van der Waals surface area contributed by atoms with Crippen molar-refractivity contribution in [3.63, 3.8) is 0 Å². The van der Waals surface area contributed by atoms with E-state index >= 15 is 0 Å². The van der Waals surface area contributed by atoms with Crippen LogP contribution in [-0.4, -0.2) is 0 Å². The molecule has 0 atom stereocenters. The van der Waals surface area contributed by atoms with Gasteiger partial charge in [-0.25, -0.2) is 0 Å². The molecule has 0 aromatic carbocycles. The van der Waals surface area contributed by atoms with Gasteiger partial charge in [0, 0.05) is 39.0 Å². The molecule has 0 unspecified atom stereocenters. The van der Waals surface area contributed by atoms with Crippen LogP contribution in [0.15, 0.2) is 0 Å². The number of halogens is 4. The topological polar surface area (TPSA) is 0 Å². The Hall–Kier alpha value is 2.41. The SMILES string of the molecule is Cl.Cl.Cl.Cl.[Rh].[Ru]. The smallest absolute Gasteiger partial charge is 0 e. The summed E-state index contributed by atoms with van der Waals surface area (Å²) in [4.78, 5) is 0. The molecule has 0 spiro atoms. The molecule has 0 bridgehead atoms. The third kappa shape index (κ3) is 32.3. The minimum atomic E-state index is 0. The van der Waals surface area contributed by atoms with E-state index in [0.717, 1.165) is 0 Å². The van der Waals surface area contributed by atoms with Crippen LogP contribution in [0.5, 0.6) is 0 Å². The van der Waals surface area contributed by atoms with E-state index in [2.05, 4.69) is 0 Å². The van der Waals surface area contributed by atoms with Crippen LogP contribution in [-0.2, 0) is 39.0 Å². The Bertz CT molecular complexity index is 7.51. The molecule has 0 heterocycles. The normalized spacial score (nSPS) is 0. The summed E-state index contributed by atoms with van der Waals surface area (Å²) >= 11 is 0. The summed E-state index contributed by atoms with van der Waals surface area (Å²) in [5, 5.41) is 0. The fraction of sp³-hybridized carbons (Fsp3) is 0. The van der Waals surface area contributed by atoms with E-state index in [-0.39, 0.29) is 88.6 Å². The first-order valence-corrected chi connectivity index (χ1v) is 0. The zero-order valence-electron chi connectivity index (χ0n) is 2.32. The molecule has 0 aliphatic heterocycles. The third-order valence-corrected chi connectivity index (χ3v) is 0. The van der Waals surface area contributed by atoms with Crippen LogP contribution < -0.4 is 0 Å². The summed E-state index contributed by atoms with van der Waals surface area (Å²) in [6, 6.07) is 0. The summed E-state index contributed by atoms with van der Waals surface area (Å²) in [5.41, 5.74) is 0. The number of rotatable bonds is 0. The molecule has 0 aromatic rings. The second kappa shape index (κ2) is 52.5. The molecule has 0 aromatic heterocycles. The average molecular weight is 350 g/mol. The van der Waals surface area contributed by atoms with Gasteiger partial charge < -0.3 is 0 Å². The maximum absolute atomic E-state index is 0. The van der Waals surface area contributed by atoms with E-state index < -0.39 is 0 Å². The Morgan fingerprint density at radius 2 is 0.500 bits per heavy atom. The van der Waals surface area contributed by atoms with E-state index in [0.29, 0.717) is 0 Å². The molecule has 0 fully saturated rings. The summed E-state index contributed by atoms with van der Waals surface area (Å²) in [5.74, 6) is 0. The number of hydrogen-bond donors (Lipinski definition) is 0. The van der Waals surface area contributed by atoms with E-state index in [4.69, 9.17) is 0 Å². The molecule has 0 saturated carbocycles. The average Bonchev–Trinajstić information content (AvgIpc) is 0. The zero-order valence-corrected chi connectivity index (χ0v) is 8.96. The summed E-state index contributed by atoms with van der Waals surface area (Å²) < 4.78 is 0. The molecule has 49 valence electrons. The van der Waals surface area contributed by atoms with E-state index in [1.165, 1.54) is 0 Å². The Morgan fingerprint density at radius 3 is 0.500 bits per heavy atom.